The van der Waals surface area contributed by atoms with Gasteiger partial charge in [0.2, 0.25) is 0 Å². The Balaban J connectivity index is 1.54. The molecule has 1 aromatic carbocycles. The summed E-state index contributed by atoms with van der Waals surface area (Å²) in [6.45, 7) is 6.26. The Kier molecular flexibility index (Phi) is 6.58. The quantitative estimate of drug-likeness (QED) is 0.190. The number of aromatic nitrogens is 1. The molecular weight excluding hydrogens is 356 g/mol. The zero-order valence-electron chi connectivity index (χ0n) is 15.8. The van der Waals surface area contributed by atoms with Crippen LogP contribution in [0.1, 0.15) is 22.6 Å². The number of azide groups is 1. The number of rotatable bonds is 9. The van der Waals surface area contributed by atoms with E-state index < -0.39 is 0 Å². The first-order valence-electron chi connectivity index (χ1n) is 9.13. The van der Waals surface area contributed by atoms with E-state index in [4.69, 9.17) is 10.3 Å². The van der Waals surface area contributed by atoms with Crippen molar-refractivity contribution >= 4 is 11.3 Å². The fraction of sp³-hybridized carbons (Fsp3) is 0.333. The molecule has 0 spiro atoms. The smallest absolute Gasteiger partial charge is 0.119 e. The van der Waals surface area contributed by atoms with Crippen molar-refractivity contribution in [1.29, 1.82) is 0 Å². The van der Waals surface area contributed by atoms with Crippen LogP contribution in [0.3, 0.4) is 0 Å². The zero-order valence-corrected chi connectivity index (χ0v) is 16.6. The molecule has 6 heteroatoms. The van der Waals surface area contributed by atoms with Crippen molar-refractivity contribution in [1.82, 2.24) is 4.57 Å². The lowest BCUT2D eigenvalue weighted by molar-refractivity contribution is 0.298. The summed E-state index contributed by atoms with van der Waals surface area (Å²) in [7, 11) is 0. The molecule has 0 saturated carbocycles. The summed E-state index contributed by atoms with van der Waals surface area (Å²) in [5.41, 5.74) is 12.0. The molecule has 3 rings (SSSR count). The van der Waals surface area contributed by atoms with Gasteiger partial charge in [0.05, 0.1) is 17.1 Å². The van der Waals surface area contributed by atoms with Crippen molar-refractivity contribution < 1.29 is 4.74 Å². The van der Waals surface area contributed by atoms with Gasteiger partial charge in [0, 0.05) is 22.0 Å². The summed E-state index contributed by atoms with van der Waals surface area (Å²) >= 11 is 1.82. The second-order valence-electron chi connectivity index (χ2n) is 6.47. The molecule has 27 heavy (non-hydrogen) atoms. The van der Waals surface area contributed by atoms with Crippen LogP contribution in [0.5, 0.6) is 5.75 Å². The number of hydrogen-bond donors (Lipinski definition) is 0. The monoisotopic (exact) mass is 380 g/mol. The van der Waals surface area contributed by atoms with Crippen LogP contribution in [-0.2, 0) is 13.0 Å². The minimum Gasteiger partial charge on any atom is -0.492 e. The maximum atomic E-state index is 8.29. The molecule has 0 bridgehead atoms. The van der Waals surface area contributed by atoms with Crippen LogP contribution in [0.2, 0.25) is 0 Å². The van der Waals surface area contributed by atoms with E-state index in [-0.39, 0.29) is 0 Å². The molecule has 140 valence electrons. The molecule has 0 aliphatic heterocycles. The van der Waals surface area contributed by atoms with Gasteiger partial charge in [-0.1, -0.05) is 17.2 Å². The van der Waals surface area contributed by atoms with Crippen LogP contribution in [0.25, 0.3) is 21.0 Å². The lowest BCUT2D eigenvalue weighted by Crippen LogP contribution is -2.10. The first-order chi connectivity index (χ1) is 13.2. The SMILES string of the molecule is Cc1ccc(-c2ccc(C)n2CCOc2ccc(CCCN=[N+]=[N-])cc2)s1. The Labute approximate surface area is 163 Å². The van der Waals surface area contributed by atoms with Gasteiger partial charge in [-0.15, -0.1) is 11.3 Å². The standard InChI is InChI=1S/C21H24N4OS/c1-16-5-11-20(21-12-6-17(2)27-21)25(16)14-15-26-19-9-7-18(8-10-19)4-3-13-23-24-22/h5-12H,3-4,13-15H2,1-2H3. The lowest BCUT2D eigenvalue weighted by Gasteiger charge is -2.12. The summed E-state index contributed by atoms with van der Waals surface area (Å²) in [5.74, 6) is 0.882. The van der Waals surface area contributed by atoms with E-state index >= 15 is 0 Å². The van der Waals surface area contributed by atoms with Gasteiger partial charge in [0.15, 0.2) is 0 Å². The average Bonchev–Trinajstić information content (AvgIpc) is 3.26. The molecule has 0 unspecified atom stereocenters. The predicted molar refractivity (Wildman–Crippen MR) is 111 cm³/mol. The van der Waals surface area contributed by atoms with Gasteiger partial charge >= 0.3 is 0 Å². The highest BCUT2D eigenvalue weighted by atomic mass is 32.1. The summed E-state index contributed by atoms with van der Waals surface area (Å²) in [6, 6.07) is 16.9. The van der Waals surface area contributed by atoms with Crippen LogP contribution >= 0.6 is 11.3 Å². The van der Waals surface area contributed by atoms with Crippen LogP contribution in [-0.4, -0.2) is 17.7 Å². The molecule has 0 radical (unpaired) electrons. The Morgan fingerprint density at radius 2 is 1.89 bits per heavy atom. The molecule has 2 heterocycles. The Morgan fingerprint density at radius 1 is 1.07 bits per heavy atom. The van der Waals surface area contributed by atoms with E-state index in [2.05, 4.69) is 64.8 Å². The number of thiophene rings is 1. The van der Waals surface area contributed by atoms with E-state index in [1.165, 1.54) is 26.7 Å². The average molecular weight is 381 g/mol. The van der Waals surface area contributed by atoms with Gasteiger partial charge in [-0.3, -0.25) is 0 Å². The molecule has 2 aromatic heterocycles. The molecule has 3 aromatic rings. The summed E-state index contributed by atoms with van der Waals surface area (Å²) in [6.07, 6.45) is 1.77. The van der Waals surface area contributed by atoms with Crippen molar-refractivity contribution in [2.45, 2.75) is 33.2 Å². The first-order valence-corrected chi connectivity index (χ1v) is 9.94. The van der Waals surface area contributed by atoms with Crippen LogP contribution in [0, 0.1) is 13.8 Å². The topological polar surface area (TPSA) is 62.9 Å². The largest absolute Gasteiger partial charge is 0.492 e. The minimum absolute atomic E-state index is 0.539. The van der Waals surface area contributed by atoms with Crippen molar-refractivity contribution in [2.24, 2.45) is 5.11 Å². The molecule has 0 atom stereocenters. The van der Waals surface area contributed by atoms with E-state index in [9.17, 15) is 0 Å². The molecular formula is C21H24N4OS. The summed E-state index contributed by atoms with van der Waals surface area (Å²) in [4.78, 5) is 5.39. The van der Waals surface area contributed by atoms with E-state index in [0.29, 0.717) is 13.2 Å². The fourth-order valence-corrected chi connectivity index (χ4v) is 3.96. The molecule has 0 N–H and O–H groups in total. The number of hydrogen-bond acceptors (Lipinski definition) is 3. The Morgan fingerprint density at radius 3 is 2.59 bits per heavy atom. The van der Waals surface area contributed by atoms with Crippen LogP contribution in [0.15, 0.2) is 53.6 Å². The van der Waals surface area contributed by atoms with Gasteiger partial charge in [-0.2, -0.15) is 0 Å². The predicted octanol–water partition coefficient (Wildman–Crippen LogP) is 6.16. The van der Waals surface area contributed by atoms with Crippen LogP contribution in [0.4, 0.5) is 0 Å². The highest BCUT2D eigenvalue weighted by molar-refractivity contribution is 7.15. The fourth-order valence-electron chi connectivity index (χ4n) is 3.06. The van der Waals surface area contributed by atoms with Gasteiger partial charge in [-0.25, -0.2) is 0 Å². The molecule has 5 nitrogen and oxygen atoms in total. The van der Waals surface area contributed by atoms with Crippen LogP contribution < -0.4 is 4.74 Å². The van der Waals surface area contributed by atoms with Gasteiger partial charge in [-0.05, 0) is 74.2 Å². The van der Waals surface area contributed by atoms with E-state index in [0.717, 1.165) is 25.1 Å². The van der Waals surface area contributed by atoms with Gasteiger partial charge in [0.25, 0.3) is 0 Å². The molecule has 0 amide bonds. The summed E-state index contributed by atoms with van der Waals surface area (Å²) < 4.78 is 8.26. The highest BCUT2D eigenvalue weighted by Crippen LogP contribution is 2.29. The van der Waals surface area contributed by atoms with E-state index in [1.54, 1.807) is 0 Å². The Bertz CT molecular complexity index is 920. The van der Waals surface area contributed by atoms with Crippen molar-refractivity contribution in [2.75, 3.05) is 13.2 Å². The normalized spacial score (nSPS) is 10.6. The molecule has 0 saturated heterocycles. The van der Waals surface area contributed by atoms with Crippen molar-refractivity contribution in [3.63, 3.8) is 0 Å². The number of aryl methyl sites for hydroxylation is 3. The van der Waals surface area contributed by atoms with Gasteiger partial charge < -0.3 is 9.30 Å². The molecule has 0 aliphatic carbocycles. The third kappa shape index (κ3) is 5.16. The Hall–Kier alpha value is -2.69. The van der Waals surface area contributed by atoms with Gasteiger partial charge in [0.1, 0.15) is 12.4 Å². The molecule has 0 aliphatic rings. The third-order valence-electron chi connectivity index (χ3n) is 4.49. The maximum Gasteiger partial charge on any atom is 0.119 e. The highest BCUT2D eigenvalue weighted by Gasteiger charge is 2.09. The van der Waals surface area contributed by atoms with E-state index in [1.807, 2.05) is 23.5 Å². The molecule has 0 fully saturated rings. The van der Waals surface area contributed by atoms with Crippen molar-refractivity contribution in [3.05, 3.63) is 75.1 Å². The number of nitrogens with zero attached hydrogens (tertiary/aromatic N) is 4. The number of ether oxygens (including phenoxy) is 1. The lowest BCUT2D eigenvalue weighted by atomic mass is 10.1. The minimum atomic E-state index is 0.539. The third-order valence-corrected chi connectivity index (χ3v) is 5.51. The first kappa shape index (κ1) is 19.1. The van der Waals surface area contributed by atoms with Crippen molar-refractivity contribution in [3.8, 4) is 16.3 Å². The second kappa shape index (κ2) is 9.31. The zero-order chi connectivity index (χ0) is 19.1. The number of benzene rings is 1. The second-order valence-corrected chi connectivity index (χ2v) is 7.76. The summed E-state index contributed by atoms with van der Waals surface area (Å²) in [5, 5.41) is 3.56. The maximum absolute atomic E-state index is 8.29.